The molecule has 1 saturated carbocycles. The quantitative estimate of drug-likeness (QED) is 0.908. The van der Waals surface area contributed by atoms with Crippen molar-refractivity contribution < 1.29 is 9.90 Å². The molecule has 0 aliphatic heterocycles. The Morgan fingerprint density at radius 3 is 2.47 bits per heavy atom. The second-order valence-electron chi connectivity index (χ2n) is 5.72. The summed E-state index contributed by atoms with van der Waals surface area (Å²) in [5, 5.41) is 9.27. The van der Waals surface area contributed by atoms with Gasteiger partial charge in [-0.1, -0.05) is 13.3 Å². The number of aromatic nitrogens is 1. The first-order valence-corrected chi connectivity index (χ1v) is 6.84. The Kier molecular flexibility index (Phi) is 3.52. The lowest BCUT2D eigenvalue weighted by molar-refractivity contribution is 0.0690. The Morgan fingerprint density at radius 2 is 2.05 bits per heavy atom. The molecule has 104 valence electrons. The fraction of sp³-hybridized carbons (Fsp3) is 0.600. The van der Waals surface area contributed by atoms with Crippen molar-refractivity contribution in [2.45, 2.75) is 53.0 Å². The minimum absolute atomic E-state index is 0.0836. The Morgan fingerprint density at radius 1 is 1.42 bits per heavy atom. The van der Waals surface area contributed by atoms with Crippen LogP contribution in [0.1, 0.15) is 54.2 Å². The van der Waals surface area contributed by atoms with Crippen molar-refractivity contribution in [1.29, 1.82) is 0 Å². The van der Waals surface area contributed by atoms with Crippen molar-refractivity contribution >= 4 is 5.97 Å². The molecule has 0 atom stereocenters. The van der Waals surface area contributed by atoms with Gasteiger partial charge in [0.05, 0.1) is 5.56 Å². The summed E-state index contributed by atoms with van der Waals surface area (Å²) in [5.41, 5.74) is 1.51. The van der Waals surface area contributed by atoms with E-state index in [1.165, 1.54) is 12.5 Å². The lowest BCUT2D eigenvalue weighted by Crippen LogP contribution is -2.38. The molecule has 0 radical (unpaired) electrons. The average Bonchev–Trinajstić information content (AvgIpc) is 2.26. The number of carboxylic acid groups (broad SMARTS) is 1. The molecule has 0 amide bonds. The highest BCUT2D eigenvalue weighted by atomic mass is 16.4. The number of nitrogens with zero attached hydrogens (tertiary/aromatic N) is 1. The van der Waals surface area contributed by atoms with Crippen LogP contribution >= 0.6 is 0 Å². The maximum Gasteiger partial charge on any atom is 0.337 e. The van der Waals surface area contributed by atoms with E-state index in [9.17, 15) is 14.7 Å². The molecule has 1 aliphatic carbocycles. The van der Waals surface area contributed by atoms with E-state index >= 15 is 0 Å². The van der Waals surface area contributed by atoms with Gasteiger partial charge in [0, 0.05) is 18.3 Å². The predicted molar refractivity (Wildman–Crippen MR) is 73.7 cm³/mol. The van der Waals surface area contributed by atoms with Crippen LogP contribution in [0.25, 0.3) is 0 Å². The normalized spacial score (nSPS) is 17.0. The highest BCUT2D eigenvalue weighted by Gasteiger charge is 2.36. The molecular formula is C15H21NO3. The van der Waals surface area contributed by atoms with Crippen LogP contribution in [0.3, 0.4) is 0 Å². The molecule has 4 heteroatoms. The lowest BCUT2D eigenvalue weighted by Gasteiger charge is -2.42. The van der Waals surface area contributed by atoms with Gasteiger partial charge < -0.3 is 9.67 Å². The van der Waals surface area contributed by atoms with Crippen molar-refractivity contribution in [3.63, 3.8) is 0 Å². The second kappa shape index (κ2) is 4.83. The highest BCUT2D eigenvalue weighted by molar-refractivity contribution is 5.90. The molecule has 0 spiro atoms. The van der Waals surface area contributed by atoms with Gasteiger partial charge >= 0.3 is 5.97 Å². The Balaban J connectivity index is 2.48. The third-order valence-electron chi connectivity index (χ3n) is 4.64. The lowest BCUT2D eigenvalue weighted by atomic mass is 9.67. The highest BCUT2D eigenvalue weighted by Crippen LogP contribution is 2.45. The average molecular weight is 263 g/mol. The monoisotopic (exact) mass is 263 g/mol. The molecule has 1 fully saturated rings. The number of rotatable bonds is 4. The maximum atomic E-state index is 12.1. The molecule has 1 N–H and O–H groups in total. The molecular weight excluding hydrogens is 242 g/mol. The minimum Gasteiger partial charge on any atom is -0.478 e. The topological polar surface area (TPSA) is 59.3 Å². The van der Waals surface area contributed by atoms with E-state index in [0.717, 1.165) is 19.3 Å². The van der Waals surface area contributed by atoms with Crippen molar-refractivity contribution in [3.8, 4) is 0 Å². The van der Waals surface area contributed by atoms with Crippen molar-refractivity contribution in [1.82, 2.24) is 4.57 Å². The van der Waals surface area contributed by atoms with Gasteiger partial charge in [0.25, 0.3) is 5.56 Å². The zero-order chi connectivity index (χ0) is 14.2. The number of aromatic carboxylic acids is 1. The number of carboxylic acids is 1. The first-order chi connectivity index (χ1) is 8.90. The fourth-order valence-corrected chi connectivity index (χ4v) is 3.08. The number of aryl methyl sites for hydroxylation is 1. The van der Waals surface area contributed by atoms with Gasteiger partial charge in [-0.2, -0.15) is 0 Å². The summed E-state index contributed by atoms with van der Waals surface area (Å²) < 4.78 is 1.65. The van der Waals surface area contributed by atoms with E-state index in [1.54, 1.807) is 18.4 Å². The van der Waals surface area contributed by atoms with Crippen LogP contribution in [0.5, 0.6) is 0 Å². The van der Waals surface area contributed by atoms with Gasteiger partial charge in [0.2, 0.25) is 0 Å². The fourth-order valence-electron chi connectivity index (χ4n) is 3.08. The number of hydrogen-bond donors (Lipinski definition) is 1. The van der Waals surface area contributed by atoms with E-state index < -0.39 is 5.97 Å². The summed E-state index contributed by atoms with van der Waals surface area (Å²) in [4.78, 5) is 23.4. The Bertz CT molecular complexity index is 562. The summed E-state index contributed by atoms with van der Waals surface area (Å²) in [6, 6.07) is 1.44. The van der Waals surface area contributed by atoms with Gasteiger partial charge in [-0.15, -0.1) is 0 Å². The van der Waals surface area contributed by atoms with Crippen LogP contribution in [0.15, 0.2) is 10.9 Å². The molecule has 1 heterocycles. The van der Waals surface area contributed by atoms with Gasteiger partial charge in [-0.25, -0.2) is 4.79 Å². The van der Waals surface area contributed by atoms with Crippen LogP contribution in [-0.2, 0) is 6.54 Å². The standard InChI is InChI=1S/C15H21NO3/c1-4-15(6-5-7-15)9-16-11(3)13(14(18)19)10(2)8-12(16)17/h8H,4-7,9H2,1-3H3,(H,18,19). The summed E-state index contributed by atoms with van der Waals surface area (Å²) in [6.07, 6.45) is 4.51. The van der Waals surface area contributed by atoms with Crippen LogP contribution in [0.2, 0.25) is 0 Å². The molecule has 4 nitrogen and oxygen atoms in total. The third kappa shape index (κ3) is 2.31. The van der Waals surface area contributed by atoms with Gasteiger partial charge in [-0.3, -0.25) is 4.79 Å². The molecule has 0 aromatic carbocycles. The number of hydrogen-bond acceptors (Lipinski definition) is 2. The van der Waals surface area contributed by atoms with Crippen LogP contribution in [0.4, 0.5) is 0 Å². The minimum atomic E-state index is -0.956. The smallest absolute Gasteiger partial charge is 0.337 e. The van der Waals surface area contributed by atoms with Crippen LogP contribution < -0.4 is 5.56 Å². The van der Waals surface area contributed by atoms with E-state index in [1.807, 2.05) is 0 Å². The van der Waals surface area contributed by atoms with Crippen LogP contribution in [0, 0.1) is 19.3 Å². The first kappa shape index (κ1) is 13.8. The molecule has 0 unspecified atom stereocenters. The van der Waals surface area contributed by atoms with Crippen molar-refractivity contribution in [2.75, 3.05) is 0 Å². The maximum absolute atomic E-state index is 12.1. The molecule has 1 aromatic rings. The summed E-state index contributed by atoms with van der Waals surface area (Å²) >= 11 is 0. The molecule has 0 saturated heterocycles. The molecule has 0 bridgehead atoms. The zero-order valence-corrected chi connectivity index (χ0v) is 11.8. The Hall–Kier alpha value is -1.58. The predicted octanol–water partition coefficient (Wildman–Crippen LogP) is 2.74. The second-order valence-corrected chi connectivity index (χ2v) is 5.72. The molecule has 2 rings (SSSR count). The van der Waals surface area contributed by atoms with E-state index in [0.29, 0.717) is 17.8 Å². The first-order valence-electron chi connectivity index (χ1n) is 6.84. The number of pyridine rings is 1. The largest absolute Gasteiger partial charge is 0.478 e. The molecule has 1 aliphatic rings. The van der Waals surface area contributed by atoms with Crippen LogP contribution in [-0.4, -0.2) is 15.6 Å². The van der Waals surface area contributed by atoms with Crippen molar-refractivity contribution in [2.24, 2.45) is 5.41 Å². The summed E-state index contributed by atoms with van der Waals surface area (Å²) in [6.45, 7) is 6.21. The third-order valence-corrected chi connectivity index (χ3v) is 4.64. The van der Waals surface area contributed by atoms with Gasteiger partial charge in [0.15, 0.2) is 0 Å². The van der Waals surface area contributed by atoms with E-state index in [2.05, 4.69) is 6.92 Å². The van der Waals surface area contributed by atoms with Crippen molar-refractivity contribution in [3.05, 3.63) is 33.2 Å². The molecule has 19 heavy (non-hydrogen) atoms. The SMILES string of the molecule is CCC1(Cn2c(C)c(C(=O)O)c(C)cc2=O)CCC1. The summed E-state index contributed by atoms with van der Waals surface area (Å²) in [7, 11) is 0. The molecule has 1 aromatic heterocycles. The van der Waals surface area contributed by atoms with E-state index in [-0.39, 0.29) is 16.5 Å². The number of carbonyl (C=O) groups is 1. The Labute approximate surface area is 113 Å². The van der Waals surface area contributed by atoms with Gasteiger partial charge in [-0.05, 0) is 44.1 Å². The van der Waals surface area contributed by atoms with Gasteiger partial charge in [0.1, 0.15) is 0 Å². The van der Waals surface area contributed by atoms with E-state index in [4.69, 9.17) is 0 Å². The zero-order valence-electron chi connectivity index (χ0n) is 11.8. The summed E-state index contributed by atoms with van der Waals surface area (Å²) in [5.74, 6) is -0.956.